The van der Waals surface area contributed by atoms with Crippen molar-refractivity contribution in [3.05, 3.63) is 47.0 Å². The van der Waals surface area contributed by atoms with Gasteiger partial charge >= 0.3 is 0 Å². The van der Waals surface area contributed by atoms with Crippen LogP contribution in [0.15, 0.2) is 30.6 Å². The van der Waals surface area contributed by atoms with Crippen molar-refractivity contribution in [3.8, 4) is 0 Å². The van der Waals surface area contributed by atoms with Gasteiger partial charge in [-0.2, -0.15) is 9.97 Å². The Balaban J connectivity index is 1.83. The second-order valence-corrected chi connectivity index (χ2v) is 4.88. The number of fused-ring (bicyclic) bond motifs is 2. The van der Waals surface area contributed by atoms with Crippen molar-refractivity contribution < 1.29 is 0 Å². The lowest BCUT2D eigenvalue weighted by Gasteiger charge is -2.16. The number of hydrogen-bond acceptors (Lipinski definition) is 4. The van der Waals surface area contributed by atoms with Gasteiger partial charge < -0.3 is 9.88 Å². The molecular weight excluding hydrogens is 262 g/mol. The molecule has 19 heavy (non-hydrogen) atoms. The van der Waals surface area contributed by atoms with Gasteiger partial charge in [-0.25, -0.2) is 4.98 Å². The Labute approximate surface area is 114 Å². The lowest BCUT2D eigenvalue weighted by atomic mass is 10.1. The van der Waals surface area contributed by atoms with Crippen LogP contribution in [-0.4, -0.2) is 19.9 Å². The quantitative estimate of drug-likeness (QED) is 0.691. The number of hydrogen-bond donors (Lipinski definition) is 1. The zero-order chi connectivity index (χ0) is 12.8. The number of imidazole rings is 1. The van der Waals surface area contributed by atoms with E-state index in [1.807, 2.05) is 0 Å². The Morgan fingerprint density at radius 3 is 2.58 bits per heavy atom. The first-order chi connectivity index (χ1) is 9.31. The molecule has 94 valence electrons. The average molecular weight is 272 g/mol. The lowest BCUT2D eigenvalue weighted by Crippen LogP contribution is -2.16. The van der Waals surface area contributed by atoms with Crippen LogP contribution < -0.4 is 4.90 Å². The van der Waals surface area contributed by atoms with Crippen molar-refractivity contribution in [1.82, 2.24) is 19.9 Å². The van der Waals surface area contributed by atoms with Crippen molar-refractivity contribution in [1.29, 1.82) is 0 Å². The molecule has 1 aliphatic heterocycles. The largest absolute Gasteiger partial charge is 0.346 e. The topological polar surface area (TPSA) is 57.7 Å². The van der Waals surface area contributed by atoms with Gasteiger partial charge in [0, 0.05) is 13.1 Å². The molecule has 3 heterocycles. The zero-order valence-corrected chi connectivity index (χ0v) is 10.7. The smallest absolute Gasteiger partial charge is 0.226 e. The molecular formula is C13H10ClN5. The van der Waals surface area contributed by atoms with E-state index in [0.29, 0.717) is 5.65 Å². The Morgan fingerprint density at radius 2 is 1.84 bits per heavy atom. The number of aromatic nitrogens is 4. The van der Waals surface area contributed by atoms with E-state index in [0.717, 1.165) is 24.4 Å². The molecule has 1 aromatic carbocycles. The highest BCUT2D eigenvalue weighted by Gasteiger charge is 2.22. The molecule has 0 saturated heterocycles. The fourth-order valence-corrected chi connectivity index (χ4v) is 2.66. The molecule has 5 nitrogen and oxygen atoms in total. The molecule has 0 spiro atoms. The molecule has 1 aliphatic rings. The standard InChI is InChI=1S/C13H10ClN5/c14-13-17-11-10(15-7-16-11)12(18-13)19-5-8-3-1-2-4-9(8)6-19/h1-4,7H,5-6H2,(H,15,16,17,18). The second kappa shape index (κ2) is 3.93. The number of nitrogens with one attached hydrogen (secondary N) is 1. The first-order valence-electron chi connectivity index (χ1n) is 5.99. The summed E-state index contributed by atoms with van der Waals surface area (Å²) >= 11 is 5.97. The van der Waals surface area contributed by atoms with Crippen LogP contribution in [0.25, 0.3) is 11.2 Å². The summed E-state index contributed by atoms with van der Waals surface area (Å²) in [4.78, 5) is 17.9. The van der Waals surface area contributed by atoms with Gasteiger partial charge in [0.25, 0.3) is 0 Å². The third-order valence-electron chi connectivity index (χ3n) is 3.38. The van der Waals surface area contributed by atoms with Crippen molar-refractivity contribution in [2.75, 3.05) is 4.90 Å². The van der Waals surface area contributed by atoms with Crippen LogP contribution in [0.3, 0.4) is 0 Å². The molecule has 0 bridgehead atoms. The first-order valence-corrected chi connectivity index (χ1v) is 6.37. The molecule has 0 amide bonds. The molecule has 0 atom stereocenters. The SMILES string of the molecule is Clc1nc(N2Cc3ccccc3C2)c2[nH]cnc2n1. The Morgan fingerprint density at radius 1 is 1.11 bits per heavy atom. The number of anilines is 1. The second-order valence-electron chi connectivity index (χ2n) is 4.54. The van der Waals surface area contributed by atoms with Gasteiger partial charge in [-0.3, -0.25) is 0 Å². The number of rotatable bonds is 1. The predicted molar refractivity (Wildman–Crippen MR) is 73.0 cm³/mol. The maximum Gasteiger partial charge on any atom is 0.226 e. The van der Waals surface area contributed by atoms with Crippen LogP contribution in [0, 0.1) is 0 Å². The summed E-state index contributed by atoms with van der Waals surface area (Å²) in [7, 11) is 0. The highest BCUT2D eigenvalue weighted by atomic mass is 35.5. The number of aromatic amines is 1. The summed E-state index contributed by atoms with van der Waals surface area (Å²) in [5, 5.41) is 0.227. The summed E-state index contributed by atoms with van der Waals surface area (Å²) in [5.41, 5.74) is 4.08. The van der Waals surface area contributed by atoms with Gasteiger partial charge in [0.2, 0.25) is 5.28 Å². The van der Waals surface area contributed by atoms with Gasteiger partial charge in [-0.15, -0.1) is 0 Å². The normalized spacial score (nSPS) is 14.1. The highest BCUT2D eigenvalue weighted by molar-refractivity contribution is 6.28. The lowest BCUT2D eigenvalue weighted by molar-refractivity contribution is 0.858. The van der Waals surface area contributed by atoms with Crippen LogP contribution in [0.2, 0.25) is 5.28 Å². The molecule has 0 saturated carbocycles. The predicted octanol–water partition coefficient (Wildman–Crippen LogP) is 2.53. The maximum absolute atomic E-state index is 5.97. The molecule has 0 aliphatic carbocycles. The monoisotopic (exact) mass is 271 g/mol. The van der Waals surface area contributed by atoms with Gasteiger partial charge in [0.05, 0.1) is 6.33 Å². The Bertz CT molecular complexity index is 742. The van der Waals surface area contributed by atoms with Crippen LogP contribution >= 0.6 is 11.6 Å². The van der Waals surface area contributed by atoms with Crippen LogP contribution in [0.5, 0.6) is 0 Å². The van der Waals surface area contributed by atoms with E-state index in [-0.39, 0.29) is 5.28 Å². The number of H-pyrrole nitrogens is 1. The van der Waals surface area contributed by atoms with Crippen molar-refractivity contribution in [3.63, 3.8) is 0 Å². The summed E-state index contributed by atoms with van der Waals surface area (Å²) in [5.74, 6) is 0.809. The molecule has 6 heteroatoms. The van der Waals surface area contributed by atoms with E-state index in [9.17, 15) is 0 Å². The molecule has 0 radical (unpaired) electrons. The van der Waals surface area contributed by atoms with E-state index < -0.39 is 0 Å². The number of benzene rings is 1. The van der Waals surface area contributed by atoms with Crippen molar-refractivity contribution in [2.45, 2.75) is 13.1 Å². The molecule has 0 unspecified atom stereocenters. The van der Waals surface area contributed by atoms with Gasteiger partial charge in [0.1, 0.15) is 5.52 Å². The summed E-state index contributed by atoms with van der Waals surface area (Å²) < 4.78 is 0. The average Bonchev–Trinajstić information content (AvgIpc) is 3.03. The molecule has 1 N–H and O–H groups in total. The fraction of sp³-hybridized carbons (Fsp3) is 0.154. The molecule has 2 aromatic heterocycles. The molecule has 4 rings (SSSR count). The van der Waals surface area contributed by atoms with E-state index in [1.165, 1.54) is 11.1 Å². The van der Waals surface area contributed by atoms with E-state index in [4.69, 9.17) is 11.6 Å². The van der Waals surface area contributed by atoms with Crippen molar-refractivity contribution >= 4 is 28.6 Å². The molecule has 3 aromatic rings. The number of nitrogens with zero attached hydrogens (tertiary/aromatic N) is 4. The van der Waals surface area contributed by atoms with Crippen LogP contribution in [-0.2, 0) is 13.1 Å². The van der Waals surface area contributed by atoms with Crippen LogP contribution in [0.1, 0.15) is 11.1 Å². The van der Waals surface area contributed by atoms with Gasteiger partial charge in [-0.1, -0.05) is 24.3 Å². The minimum Gasteiger partial charge on any atom is -0.346 e. The minimum absolute atomic E-state index is 0.227. The molecule has 0 fully saturated rings. The summed E-state index contributed by atoms with van der Waals surface area (Å²) in [6.45, 7) is 1.66. The zero-order valence-electron chi connectivity index (χ0n) is 9.97. The third kappa shape index (κ3) is 1.66. The van der Waals surface area contributed by atoms with E-state index in [1.54, 1.807) is 6.33 Å². The van der Waals surface area contributed by atoms with Crippen LogP contribution in [0.4, 0.5) is 5.82 Å². The Hall–Kier alpha value is -2.14. The van der Waals surface area contributed by atoms with Gasteiger partial charge in [0.15, 0.2) is 11.5 Å². The van der Waals surface area contributed by atoms with E-state index >= 15 is 0 Å². The van der Waals surface area contributed by atoms with Crippen molar-refractivity contribution in [2.24, 2.45) is 0 Å². The maximum atomic E-state index is 5.97. The first kappa shape index (κ1) is 10.8. The third-order valence-corrected chi connectivity index (χ3v) is 3.55. The summed E-state index contributed by atoms with van der Waals surface area (Å²) in [6, 6.07) is 8.40. The fourth-order valence-electron chi connectivity index (χ4n) is 2.50. The van der Waals surface area contributed by atoms with Gasteiger partial charge in [-0.05, 0) is 22.7 Å². The summed E-state index contributed by atoms with van der Waals surface area (Å²) in [6.07, 6.45) is 1.61. The van der Waals surface area contributed by atoms with E-state index in [2.05, 4.69) is 49.1 Å². The number of halogens is 1. The highest BCUT2D eigenvalue weighted by Crippen LogP contribution is 2.30. The minimum atomic E-state index is 0.227. The Kier molecular flexibility index (Phi) is 2.22.